The molecule has 0 aliphatic rings. The second-order valence-corrected chi connectivity index (χ2v) is 7.13. The first kappa shape index (κ1) is 21.6. The van der Waals surface area contributed by atoms with Crippen molar-refractivity contribution in [1.82, 2.24) is 0 Å². The van der Waals surface area contributed by atoms with E-state index in [1.54, 1.807) is 97.1 Å². The molecular weight excluding hydrogens is 416 g/mol. The van der Waals surface area contributed by atoms with E-state index in [1.807, 2.05) is 0 Å². The van der Waals surface area contributed by atoms with Crippen LogP contribution in [-0.4, -0.2) is 0 Å². The van der Waals surface area contributed by atoms with Gasteiger partial charge in [0.15, 0.2) is 5.69 Å². The van der Waals surface area contributed by atoms with Crippen molar-refractivity contribution in [1.29, 1.82) is 0 Å². The highest BCUT2D eigenvalue weighted by molar-refractivity contribution is 5.52. The number of nitrogens with two attached hydrogens (primary N) is 2. The van der Waals surface area contributed by atoms with Gasteiger partial charge < -0.3 is 16.7 Å². The molecular formula is C24H22N8O. The van der Waals surface area contributed by atoms with Crippen LogP contribution in [0.1, 0.15) is 0 Å². The van der Waals surface area contributed by atoms with E-state index in [0.29, 0.717) is 39.8 Å². The second-order valence-electron chi connectivity index (χ2n) is 7.13. The van der Waals surface area contributed by atoms with E-state index in [1.165, 1.54) is 0 Å². The number of hydrogen-bond donors (Lipinski definition) is 4. The highest BCUT2D eigenvalue weighted by atomic mass is 16.5. The van der Waals surface area contributed by atoms with Crippen LogP contribution in [0.4, 0.5) is 45.5 Å². The predicted molar refractivity (Wildman–Crippen MR) is 131 cm³/mol. The summed E-state index contributed by atoms with van der Waals surface area (Å²) in [5, 5.41) is 28.9. The smallest absolute Gasteiger partial charge is 0.155 e. The first-order chi connectivity index (χ1) is 16.0. The topological polar surface area (TPSA) is 141 Å². The lowest BCUT2D eigenvalue weighted by molar-refractivity contribution is -0.749. The van der Waals surface area contributed by atoms with E-state index in [2.05, 4.69) is 25.9 Å². The zero-order valence-electron chi connectivity index (χ0n) is 17.6. The largest absolute Gasteiger partial charge is 0.603 e. The highest BCUT2D eigenvalue weighted by Crippen LogP contribution is 2.24. The average molecular weight is 438 g/mol. The van der Waals surface area contributed by atoms with Crippen LogP contribution in [-0.2, 0) is 0 Å². The number of nitrogens with zero attached hydrogens (tertiary/aromatic N) is 4. The van der Waals surface area contributed by atoms with Gasteiger partial charge in [-0.3, -0.25) is 0 Å². The monoisotopic (exact) mass is 438 g/mol. The maximum Gasteiger partial charge on any atom is 0.155 e. The highest BCUT2D eigenvalue weighted by Gasteiger charge is 2.04. The number of nitrogen functional groups attached to an aromatic ring is 2. The molecule has 1 atom stereocenters. The molecule has 4 rings (SSSR count). The molecule has 0 saturated heterocycles. The Balaban J connectivity index is 1.34. The van der Waals surface area contributed by atoms with Crippen molar-refractivity contribution < 1.29 is 5.17 Å². The fourth-order valence-electron chi connectivity index (χ4n) is 2.81. The Labute approximate surface area is 190 Å². The number of benzene rings is 4. The second kappa shape index (κ2) is 10.1. The molecule has 9 nitrogen and oxygen atoms in total. The van der Waals surface area contributed by atoms with Gasteiger partial charge in [-0.25, -0.2) is 10.6 Å². The summed E-state index contributed by atoms with van der Waals surface area (Å²) in [5.74, 6) is 0. The minimum absolute atomic E-state index is 0.216. The number of quaternary nitrogens is 1. The third kappa shape index (κ3) is 6.20. The lowest BCUT2D eigenvalue weighted by Crippen LogP contribution is -3.05. The predicted octanol–water partition coefficient (Wildman–Crippen LogP) is 5.72. The van der Waals surface area contributed by atoms with Gasteiger partial charge in [0.1, 0.15) is 0 Å². The van der Waals surface area contributed by atoms with Gasteiger partial charge in [0.2, 0.25) is 0 Å². The van der Waals surface area contributed by atoms with E-state index in [9.17, 15) is 5.21 Å². The maximum atomic E-state index is 12.4. The van der Waals surface area contributed by atoms with Gasteiger partial charge in [-0.2, -0.15) is 20.5 Å². The van der Waals surface area contributed by atoms with E-state index >= 15 is 0 Å². The van der Waals surface area contributed by atoms with E-state index in [0.717, 1.165) is 5.69 Å². The van der Waals surface area contributed by atoms with Crippen LogP contribution >= 0.6 is 0 Å². The minimum Gasteiger partial charge on any atom is -0.603 e. The molecule has 0 aromatic heterocycles. The molecule has 0 bridgehead atoms. The summed E-state index contributed by atoms with van der Waals surface area (Å²) in [6, 6.07) is 28.2. The Morgan fingerprint density at radius 2 is 0.848 bits per heavy atom. The molecule has 164 valence electrons. The lowest BCUT2D eigenvalue weighted by atomic mass is 10.3. The molecule has 1 unspecified atom stereocenters. The van der Waals surface area contributed by atoms with E-state index < -0.39 is 0 Å². The molecule has 0 aliphatic carbocycles. The van der Waals surface area contributed by atoms with E-state index in [4.69, 9.17) is 11.5 Å². The van der Waals surface area contributed by atoms with Crippen LogP contribution in [0.2, 0.25) is 0 Å². The average Bonchev–Trinajstić information content (AvgIpc) is 2.85. The summed E-state index contributed by atoms with van der Waals surface area (Å²) in [7, 11) is 0. The molecule has 0 aliphatic heterocycles. The van der Waals surface area contributed by atoms with Gasteiger partial charge in [-0.05, 0) is 84.9 Å². The number of hydrogen-bond acceptors (Lipinski definition) is 8. The number of rotatable bonds is 7. The Morgan fingerprint density at radius 3 is 1.27 bits per heavy atom. The van der Waals surface area contributed by atoms with Crippen LogP contribution in [0.5, 0.6) is 0 Å². The standard InChI is InChI=1S/C24H22N8O/c25-17-1-5-19(6-2-17)27-28-20-9-11-21(12-10-20)29-30-22-13-15-24(16-14-22)32(33)31-23-7-3-18(26)4-8-23/h1-16,31-32H,25-26H2. The molecule has 33 heavy (non-hydrogen) atoms. The summed E-state index contributed by atoms with van der Waals surface area (Å²) < 4.78 is 0. The molecule has 0 saturated carbocycles. The molecule has 4 aromatic rings. The molecule has 4 aromatic carbocycles. The fraction of sp³-hybridized carbons (Fsp3) is 0. The summed E-state index contributed by atoms with van der Waals surface area (Å²) in [6.45, 7) is 0. The molecule has 0 amide bonds. The maximum absolute atomic E-state index is 12.4. The normalized spacial score (nSPS) is 12.3. The van der Waals surface area contributed by atoms with Crippen molar-refractivity contribution >= 4 is 45.5 Å². The van der Waals surface area contributed by atoms with Gasteiger partial charge in [0.25, 0.3) is 0 Å². The number of azo groups is 2. The summed E-state index contributed by atoms with van der Waals surface area (Å²) >= 11 is 0. The van der Waals surface area contributed by atoms with Crippen LogP contribution in [0.25, 0.3) is 0 Å². The van der Waals surface area contributed by atoms with Gasteiger partial charge in [0.05, 0.1) is 28.4 Å². The van der Waals surface area contributed by atoms with Crippen LogP contribution < -0.4 is 22.1 Å². The van der Waals surface area contributed by atoms with Gasteiger partial charge >= 0.3 is 0 Å². The number of anilines is 3. The van der Waals surface area contributed by atoms with E-state index in [-0.39, 0.29) is 5.17 Å². The summed E-state index contributed by atoms with van der Waals surface area (Å²) in [6.07, 6.45) is 0. The Morgan fingerprint density at radius 1 is 0.515 bits per heavy atom. The van der Waals surface area contributed by atoms with Crippen molar-refractivity contribution in [3.05, 3.63) is 102 Å². The van der Waals surface area contributed by atoms with Crippen LogP contribution in [0.3, 0.4) is 0 Å². The van der Waals surface area contributed by atoms with Crippen molar-refractivity contribution in [2.24, 2.45) is 20.5 Å². The van der Waals surface area contributed by atoms with Crippen molar-refractivity contribution in [2.75, 3.05) is 16.9 Å². The zero-order valence-corrected chi connectivity index (χ0v) is 17.6. The van der Waals surface area contributed by atoms with Crippen molar-refractivity contribution in [3.8, 4) is 0 Å². The van der Waals surface area contributed by atoms with Crippen molar-refractivity contribution in [2.45, 2.75) is 0 Å². The van der Waals surface area contributed by atoms with Gasteiger partial charge in [0, 0.05) is 23.5 Å². The fourth-order valence-corrected chi connectivity index (χ4v) is 2.81. The third-order valence-electron chi connectivity index (χ3n) is 4.60. The first-order valence-corrected chi connectivity index (χ1v) is 10.1. The van der Waals surface area contributed by atoms with Crippen LogP contribution in [0.15, 0.2) is 118 Å². The van der Waals surface area contributed by atoms with Gasteiger partial charge in [-0.15, -0.1) is 0 Å². The Kier molecular flexibility index (Phi) is 6.64. The molecule has 9 heteroatoms. The van der Waals surface area contributed by atoms with Gasteiger partial charge in [-0.1, -0.05) is 0 Å². The quantitative estimate of drug-likeness (QED) is 0.166. The number of nitrogens with one attached hydrogen (secondary N) is 2. The molecule has 0 fully saturated rings. The molecule has 0 spiro atoms. The SMILES string of the molecule is Nc1ccc(N=Nc2ccc(N=Nc3ccc([NH+]([O-])Nc4ccc(N)cc4)cc3)cc2)cc1. The molecule has 0 heterocycles. The third-order valence-corrected chi connectivity index (χ3v) is 4.60. The van der Waals surface area contributed by atoms with Crippen LogP contribution in [0, 0.1) is 5.21 Å². The first-order valence-electron chi connectivity index (χ1n) is 10.1. The van der Waals surface area contributed by atoms with Crippen molar-refractivity contribution in [3.63, 3.8) is 0 Å². The minimum atomic E-state index is -0.216. The summed E-state index contributed by atoms with van der Waals surface area (Å²) in [5.41, 5.74) is 19.4. The Hall–Kier alpha value is -4.60. The Bertz CT molecular complexity index is 1240. The molecule has 6 N–H and O–H groups in total. The summed E-state index contributed by atoms with van der Waals surface area (Å²) in [4.78, 5) is 0. The lowest BCUT2D eigenvalue weighted by Gasteiger charge is -2.22. The molecule has 0 radical (unpaired) electrons. The zero-order chi connectivity index (χ0) is 23.0.